The average molecular weight is 849 g/mol. The Balaban J connectivity index is 4.16. The molecular weight excluding hydrogens is 745 g/mol. The van der Waals surface area contributed by atoms with E-state index in [1.807, 2.05) is 0 Å². The van der Waals surface area contributed by atoms with E-state index in [2.05, 4.69) is 20.8 Å². The van der Waals surface area contributed by atoms with Gasteiger partial charge in [0.1, 0.15) is 13.2 Å². The van der Waals surface area contributed by atoms with Crippen LogP contribution in [0.25, 0.3) is 0 Å². The molecule has 0 heterocycles. The van der Waals surface area contributed by atoms with Gasteiger partial charge in [0, 0.05) is 19.3 Å². The Morgan fingerprint density at radius 1 is 0.267 bits per heavy atom. The van der Waals surface area contributed by atoms with Gasteiger partial charge in [-0.3, -0.25) is 14.4 Å². The van der Waals surface area contributed by atoms with E-state index in [0.717, 1.165) is 57.8 Å². The Bertz CT molecular complexity index is 889. The van der Waals surface area contributed by atoms with Crippen LogP contribution < -0.4 is 0 Å². The molecule has 0 N–H and O–H groups in total. The molecule has 356 valence electrons. The minimum atomic E-state index is -0.759. The number of carbonyl (C=O) groups excluding carboxylic acids is 3. The van der Waals surface area contributed by atoms with Crippen molar-refractivity contribution in [1.82, 2.24) is 0 Å². The molecule has 0 aromatic carbocycles. The molecule has 0 aliphatic heterocycles. The zero-order valence-corrected chi connectivity index (χ0v) is 40.8. The highest BCUT2D eigenvalue weighted by Gasteiger charge is 2.19. The van der Waals surface area contributed by atoms with Crippen molar-refractivity contribution in [2.45, 2.75) is 316 Å². The summed E-state index contributed by atoms with van der Waals surface area (Å²) in [7, 11) is 0. The minimum Gasteiger partial charge on any atom is -0.462 e. The zero-order valence-electron chi connectivity index (χ0n) is 40.8. The SMILES string of the molecule is CCCCCCCCCCCCCCCCCCCCCCCC(=O)OCC(COC(=O)CCCCCCCCCCC)OC(=O)CCCCCCCCCCCCCC. The van der Waals surface area contributed by atoms with Crippen LogP contribution in [0.4, 0.5) is 0 Å². The van der Waals surface area contributed by atoms with Gasteiger partial charge in [-0.2, -0.15) is 0 Å². The van der Waals surface area contributed by atoms with Crippen LogP contribution >= 0.6 is 0 Å². The van der Waals surface area contributed by atoms with Crippen molar-refractivity contribution < 1.29 is 28.6 Å². The molecule has 0 amide bonds. The van der Waals surface area contributed by atoms with Crippen molar-refractivity contribution >= 4 is 17.9 Å². The van der Waals surface area contributed by atoms with Crippen LogP contribution in [0, 0.1) is 0 Å². The molecule has 1 atom stereocenters. The Labute approximate surface area is 374 Å². The highest BCUT2D eigenvalue weighted by Crippen LogP contribution is 2.17. The highest BCUT2D eigenvalue weighted by atomic mass is 16.6. The van der Waals surface area contributed by atoms with Crippen molar-refractivity contribution in [3.05, 3.63) is 0 Å². The lowest BCUT2D eigenvalue weighted by Gasteiger charge is -2.18. The molecule has 6 nitrogen and oxygen atoms in total. The Morgan fingerprint density at radius 3 is 0.667 bits per heavy atom. The zero-order chi connectivity index (χ0) is 43.7. The summed E-state index contributed by atoms with van der Waals surface area (Å²) in [6, 6.07) is 0. The molecule has 0 aromatic rings. The first kappa shape index (κ1) is 58.4. The number of unbranched alkanes of at least 4 members (excludes halogenated alkanes) is 39. The molecule has 0 fully saturated rings. The summed E-state index contributed by atoms with van der Waals surface area (Å²) < 4.78 is 16.8. The molecule has 0 aliphatic rings. The maximum absolute atomic E-state index is 12.8. The molecule has 0 rings (SSSR count). The predicted octanol–water partition coefficient (Wildman–Crippen LogP) is 17.6. The number of ether oxygens (including phenoxy) is 3. The predicted molar refractivity (Wildman–Crippen MR) is 257 cm³/mol. The second-order valence-electron chi connectivity index (χ2n) is 18.5. The lowest BCUT2D eigenvalue weighted by Crippen LogP contribution is -2.30. The number of rotatable bonds is 50. The third-order valence-electron chi connectivity index (χ3n) is 12.4. The second-order valence-corrected chi connectivity index (χ2v) is 18.5. The van der Waals surface area contributed by atoms with E-state index in [1.54, 1.807) is 0 Å². The summed E-state index contributed by atoms with van der Waals surface area (Å²) in [5.74, 6) is -0.843. The van der Waals surface area contributed by atoms with Gasteiger partial charge < -0.3 is 14.2 Å². The lowest BCUT2D eigenvalue weighted by atomic mass is 10.0. The van der Waals surface area contributed by atoms with Crippen LogP contribution in [0.15, 0.2) is 0 Å². The van der Waals surface area contributed by atoms with Gasteiger partial charge in [-0.1, -0.05) is 271 Å². The molecule has 6 heteroatoms. The van der Waals surface area contributed by atoms with Gasteiger partial charge in [0.2, 0.25) is 0 Å². The second kappa shape index (κ2) is 50.1. The summed E-state index contributed by atoms with van der Waals surface area (Å²) >= 11 is 0. The van der Waals surface area contributed by atoms with E-state index in [1.165, 1.54) is 212 Å². The first-order valence-electron chi connectivity index (χ1n) is 27.0. The third kappa shape index (κ3) is 47.5. The quantitative estimate of drug-likeness (QED) is 0.0345. The van der Waals surface area contributed by atoms with E-state index >= 15 is 0 Å². The monoisotopic (exact) mass is 849 g/mol. The van der Waals surface area contributed by atoms with E-state index in [0.29, 0.717) is 19.3 Å². The normalized spacial score (nSPS) is 11.8. The van der Waals surface area contributed by atoms with E-state index in [9.17, 15) is 14.4 Å². The van der Waals surface area contributed by atoms with Gasteiger partial charge in [0.15, 0.2) is 6.10 Å². The van der Waals surface area contributed by atoms with Gasteiger partial charge in [0.05, 0.1) is 0 Å². The van der Waals surface area contributed by atoms with Crippen LogP contribution in [-0.4, -0.2) is 37.2 Å². The minimum absolute atomic E-state index is 0.0619. The standard InChI is InChI=1S/C54H104O6/c1-4-7-10-13-16-19-21-23-24-25-26-27-28-29-30-31-33-35-38-41-44-47-53(56)59-50-51(49-58-52(55)46-43-40-37-34-18-15-12-9-6-3)60-54(57)48-45-42-39-36-32-22-20-17-14-11-8-5-2/h51H,4-50H2,1-3H3. The fraction of sp³-hybridized carbons (Fsp3) is 0.944. The fourth-order valence-electron chi connectivity index (χ4n) is 8.27. The summed E-state index contributed by atoms with van der Waals surface area (Å²) in [5, 5.41) is 0. The van der Waals surface area contributed by atoms with Gasteiger partial charge in [0.25, 0.3) is 0 Å². The Kier molecular flexibility index (Phi) is 48.7. The van der Waals surface area contributed by atoms with Crippen molar-refractivity contribution in [1.29, 1.82) is 0 Å². The van der Waals surface area contributed by atoms with Crippen molar-refractivity contribution in [3.63, 3.8) is 0 Å². The number of carbonyl (C=O) groups is 3. The van der Waals surface area contributed by atoms with Gasteiger partial charge in [-0.05, 0) is 19.3 Å². The number of hydrogen-bond acceptors (Lipinski definition) is 6. The molecule has 0 spiro atoms. The van der Waals surface area contributed by atoms with Gasteiger partial charge in [-0.15, -0.1) is 0 Å². The third-order valence-corrected chi connectivity index (χ3v) is 12.4. The molecule has 0 saturated heterocycles. The van der Waals surface area contributed by atoms with Crippen LogP contribution in [0.2, 0.25) is 0 Å². The number of esters is 3. The molecule has 0 aromatic heterocycles. The van der Waals surface area contributed by atoms with E-state index < -0.39 is 6.10 Å². The van der Waals surface area contributed by atoms with Crippen molar-refractivity contribution in [3.8, 4) is 0 Å². The molecular formula is C54H104O6. The molecule has 1 unspecified atom stereocenters. The molecule has 0 radical (unpaired) electrons. The topological polar surface area (TPSA) is 78.9 Å². The lowest BCUT2D eigenvalue weighted by molar-refractivity contribution is -0.167. The van der Waals surface area contributed by atoms with E-state index in [4.69, 9.17) is 14.2 Å². The highest BCUT2D eigenvalue weighted by molar-refractivity contribution is 5.71. The Hall–Kier alpha value is -1.59. The molecule has 0 bridgehead atoms. The summed E-state index contributed by atoms with van der Waals surface area (Å²) in [4.78, 5) is 37.9. The van der Waals surface area contributed by atoms with E-state index in [-0.39, 0.29) is 31.1 Å². The van der Waals surface area contributed by atoms with Crippen LogP contribution in [0.5, 0.6) is 0 Å². The van der Waals surface area contributed by atoms with Crippen LogP contribution in [0.1, 0.15) is 310 Å². The molecule has 60 heavy (non-hydrogen) atoms. The summed E-state index contributed by atoms with van der Waals surface area (Å²) in [6.07, 6.45) is 53.9. The smallest absolute Gasteiger partial charge is 0.306 e. The maximum Gasteiger partial charge on any atom is 0.306 e. The summed E-state index contributed by atoms with van der Waals surface area (Å²) in [6.45, 7) is 6.66. The maximum atomic E-state index is 12.8. The summed E-state index contributed by atoms with van der Waals surface area (Å²) in [5.41, 5.74) is 0. The van der Waals surface area contributed by atoms with Crippen LogP contribution in [0.3, 0.4) is 0 Å². The number of hydrogen-bond donors (Lipinski definition) is 0. The fourth-order valence-corrected chi connectivity index (χ4v) is 8.27. The van der Waals surface area contributed by atoms with Crippen molar-refractivity contribution in [2.24, 2.45) is 0 Å². The molecule has 0 saturated carbocycles. The largest absolute Gasteiger partial charge is 0.462 e. The average Bonchev–Trinajstić information content (AvgIpc) is 3.24. The first-order chi connectivity index (χ1) is 29.5. The molecule has 0 aliphatic carbocycles. The van der Waals surface area contributed by atoms with Gasteiger partial charge in [-0.25, -0.2) is 0 Å². The first-order valence-corrected chi connectivity index (χ1v) is 27.0. The van der Waals surface area contributed by atoms with Crippen molar-refractivity contribution in [2.75, 3.05) is 13.2 Å². The van der Waals surface area contributed by atoms with Gasteiger partial charge >= 0.3 is 17.9 Å². The van der Waals surface area contributed by atoms with Crippen LogP contribution in [-0.2, 0) is 28.6 Å². The Morgan fingerprint density at radius 2 is 0.450 bits per heavy atom.